The zero-order valence-electron chi connectivity index (χ0n) is 10.8. The molecule has 0 fully saturated rings. The molecule has 0 radical (unpaired) electrons. The monoisotopic (exact) mass is 291 g/mol. The number of benzene rings is 1. The number of rotatable bonds is 4. The maximum absolute atomic E-state index is 13.4. The molecule has 0 saturated carbocycles. The summed E-state index contributed by atoms with van der Waals surface area (Å²) in [6, 6.07) is 7.54. The maximum atomic E-state index is 13.4. The highest BCUT2D eigenvalue weighted by Crippen LogP contribution is 2.09. The first-order valence-electron chi connectivity index (χ1n) is 6.00. The molecule has 0 bridgehead atoms. The van der Waals surface area contributed by atoms with E-state index in [0.717, 1.165) is 12.1 Å². The standard InChI is InChI=1S/C14H11F2N3O2/c15-9-4-5-10(11(16)7-9)14(21)18-8-13(20)19-12-3-1-2-6-17-12/h1-7H,8H2,(H,18,21)(H,17,19,20). The Balaban J connectivity index is 1.90. The molecule has 7 heteroatoms. The molecule has 21 heavy (non-hydrogen) atoms. The molecule has 5 nitrogen and oxygen atoms in total. The van der Waals surface area contributed by atoms with Gasteiger partial charge in [0.1, 0.15) is 17.5 Å². The minimum absolute atomic E-state index is 0.331. The number of hydrogen-bond acceptors (Lipinski definition) is 3. The summed E-state index contributed by atoms with van der Waals surface area (Å²) >= 11 is 0. The summed E-state index contributed by atoms with van der Waals surface area (Å²) in [6.45, 7) is -0.355. The van der Waals surface area contributed by atoms with Gasteiger partial charge in [-0.05, 0) is 24.3 Å². The van der Waals surface area contributed by atoms with Crippen molar-refractivity contribution in [2.45, 2.75) is 0 Å². The van der Waals surface area contributed by atoms with E-state index < -0.39 is 23.4 Å². The third-order valence-electron chi connectivity index (χ3n) is 2.52. The average molecular weight is 291 g/mol. The maximum Gasteiger partial charge on any atom is 0.254 e. The zero-order chi connectivity index (χ0) is 15.2. The minimum atomic E-state index is -0.988. The van der Waals surface area contributed by atoms with Crippen LogP contribution in [-0.4, -0.2) is 23.3 Å². The molecule has 1 aromatic heterocycles. The summed E-state index contributed by atoms with van der Waals surface area (Å²) < 4.78 is 26.1. The van der Waals surface area contributed by atoms with Gasteiger partial charge in [0.15, 0.2) is 0 Å². The number of pyridine rings is 1. The van der Waals surface area contributed by atoms with E-state index >= 15 is 0 Å². The van der Waals surface area contributed by atoms with Gasteiger partial charge in [0.05, 0.1) is 12.1 Å². The van der Waals surface area contributed by atoms with Gasteiger partial charge in [0, 0.05) is 12.3 Å². The number of anilines is 1. The third-order valence-corrected chi connectivity index (χ3v) is 2.52. The van der Waals surface area contributed by atoms with Crippen molar-refractivity contribution in [1.82, 2.24) is 10.3 Å². The van der Waals surface area contributed by atoms with E-state index in [-0.39, 0.29) is 12.1 Å². The van der Waals surface area contributed by atoms with Gasteiger partial charge < -0.3 is 10.6 Å². The van der Waals surface area contributed by atoms with Crippen LogP contribution in [0.4, 0.5) is 14.6 Å². The van der Waals surface area contributed by atoms with Gasteiger partial charge in [-0.15, -0.1) is 0 Å². The van der Waals surface area contributed by atoms with Gasteiger partial charge in [-0.2, -0.15) is 0 Å². The van der Waals surface area contributed by atoms with Gasteiger partial charge in [0.2, 0.25) is 5.91 Å². The Morgan fingerprint density at radius 2 is 1.95 bits per heavy atom. The summed E-state index contributed by atoms with van der Waals surface area (Å²) in [5.41, 5.74) is -0.331. The van der Waals surface area contributed by atoms with Gasteiger partial charge in [-0.25, -0.2) is 13.8 Å². The van der Waals surface area contributed by atoms with Crippen LogP contribution >= 0.6 is 0 Å². The lowest BCUT2D eigenvalue weighted by Gasteiger charge is -2.07. The third kappa shape index (κ3) is 4.07. The molecule has 0 aliphatic rings. The van der Waals surface area contributed by atoms with Gasteiger partial charge in [-0.3, -0.25) is 9.59 Å². The lowest BCUT2D eigenvalue weighted by Crippen LogP contribution is -2.33. The van der Waals surface area contributed by atoms with Crippen LogP contribution in [0.1, 0.15) is 10.4 Å². The smallest absolute Gasteiger partial charge is 0.254 e. The van der Waals surface area contributed by atoms with Crippen molar-refractivity contribution in [3.63, 3.8) is 0 Å². The van der Waals surface area contributed by atoms with E-state index in [9.17, 15) is 18.4 Å². The van der Waals surface area contributed by atoms with Gasteiger partial charge >= 0.3 is 0 Å². The summed E-state index contributed by atoms with van der Waals surface area (Å²) in [7, 11) is 0. The van der Waals surface area contributed by atoms with E-state index in [2.05, 4.69) is 15.6 Å². The summed E-state index contributed by atoms with van der Waals surface area (Å²) in [5.74, 6) is -2.74. The van der Waals surface area contributed by atoms with Crippen molar-refractivity contribution >= 4 is 17.6 Å². The van der Waals surface area contributed by atoms with Crippen LogP contribution in [0.3, 0.4) is 0 Å². The molecule has 1 heterocycles. The molecule has 2 rings (SSSR count). The number of aromatic nitrogens is 1. The van der Waals surface area contributed by atoms with E-state index in [0.29, 0.717) is 11.9 Å². The molecule has 0 spiro atoms. The minimum Gasteiger partial charge on any atom is -0.343 e. The first kappa shape index (κ1) is 14.6. The molecule has 0 unspecified atom stereocenters. The summed E-state index contributed by atoms with van der Waals surface area (Å²) in [6.07, 6.45) is 1.50. The predicted octanol–water partition coefficient (Wildman–Crippen LogP) is 1.73. The Hall–Kier alpha value is -2.83. The SMILES string of the molecule is O=C(CNC(=O)c1ccc(F)cc1F)Nc1ccccn1. The fraction of sp³-hybridized carbons (Fsp3) is 0.0714. The second-order valence-corrected chi connectivity index (χ2v) is 4.07. The highest BCUT2D eigenvalue weighted by atomic mass is 19.1. The number of halogens is 2. The molecule has 1 aromatic carbocycles. The molecule has 108 valence electrons. The Morgan fingerprint density at radius 1 is 1.14 bits per heavy atom. The van der Waals surface area contributed by atoms with Crippen LogP contribution in [0.25, 0.3) is 0 Å². The highest BCUT2D eigenvalue weighted by Gasteiger charge is 2.13. The molecule has 2 amide bonds. The molecular weight excluding hydrogens is 280 g/mol. The molecular formula is C14H11F2N3O2. The first-order chi connectivity index (χ1) is 10.1. The van der Waals surface area contributed by atoms with Crippen molar-refractivity contribution in [2.75, 3.05) is 11.9 Å². The molecule has 2 N–H and O–H groups in total. The quantitative estimate of drug-likeness (QED) is 0.901. The number of nitrogens with one attached hydrogen (secondary N) is 2. The molecule has 0 saturated heterocycles. The van der Waals surface area contributed by atoms with E-state index in [4.69, 9.17) is 0 Å². The number of nitrogens with zero attached hydrogens (tertiary/aromatic N) is 1. The lowest BCUT2D eigenvalue weighted by atomic mass is 10.2. The first-order valence-corrected chi connectivity index (χ1v) is 6.00. The second kappa shape index (κ2) is 6.56. The number of amides is 2. The Bertz CT molecular complexity index is 663. The summed E-state index contributed by atoms with van der Waals surface area (Å²) in [5, 5.41) is 4.69. The lowest BCUT2D eigenvalue weighted by molar-refractivity contribution is -0.115. The summed E-state index contributed by atoms with van der Waals surface area (Å²) in [4.78, 5) is 27.1. The predicted molar refractivity (Wildman–Crippen MR) is 71.6 cm³/mol. The topological polar surface area (TPSA) is 71.1 Å². The number of hydrogen-bond donors (Lipinski definition) is 2. The van der Waals surface area contributed by atoms with E-state index in [1.807, 2.05) is 0 Å². The van der Waals surface area contributed by atoms with Gasteiger partial charge in [-0.1, -0.05) is 6.07 Å². The van der Waals surface area contributed by atoms with Crippen molar-refractivity contribution in [3.05, 3.63) is 59.8 Å². The van der Waals surface area contributed by atoms with Gasteiger partial charge in [0.25, 0.3) is 5.91 Å². The molecule has 0 aliphatic carbocycles. The van der Waals surface area contributed by atoms with Crippen molar-refractivity contribution in [3.8, 4) is 0 Å². The van der Waals surface area contributed by atoms with Crippen LogP contribution in [0.2, 0.25) is 0 Å². The fourth-order valence-corrected chi connectivity index (χ4v) is 1.55. The van der Waals surface area contributed by atoms with Crippen LogP contribution in [0, 0.1) is 11.6 Å². The largest absolute Gasteiger partial charge is 0.343 e. The van der Waals surface area contributed by atoms with Crippen LogP contribution < -0.4 is 10.6 Å². The van der Waals surface area contributed by atoms with Crippen molar-refractivity contribution in [2.24, 2.45) is 0 Å². The normalized spacial score (nSPS) is 10.0. The molecule has 2 aromatic rings. The van der Waals surface area contributed by atoms with Crippen molar-refractivity contribution < 1.29 is 18.4 Å². The van der Waals surface area contributed by atoms with Crippen LogP contribution in [-0.2, 0) is 4.79 Å². The van der Waals surface area contributed by atoms with Crippen LogP contribution in [0.15, 0.2) is 42.6 Å². The molecule has 0 aliphatic heterocycles. The Labute approximate surface area is 119 Å². The fourth-order valence-electron chi connectivity index (χ4n) is 1.55. The van der Waals surface area contributed by atoms with Crippen molar-refractivity contribution in [1.29, 1.82) is 0 Å². The van der Waals surface area contributed by atoms with E-state index in [1.165, 1.54) is 6.20 Å². The number of carbonyl (C=O) groups is 2. The molecule has 0 atom stereocenters. The highest BCUT2D eigenvalue weighted by molar-refractivity contribution is 5.99. The number of carbonyl (C=O) groups excluding carboxylic acids is 2. The Morgan fingerprint density at radius 3 is 2.62 bits per heavy atom. The second-order valence-electron chi connectivity index (χ2n) is 4.07. The average Bonchev–Trinajstić information content (AvgIpc) is 2.46. The van der Waals surface area contributed by atoms with E-state index in [1.54, 1.807) is 18.2 Å². The Kier molecular flexibility index (Phi) is 4.55. The zero-order valence-corrected chi connectivity index (χ0v) is 10.8. The van der Waals surface area contributed by atoms with Crippen LogP contribution in [0.5, 0.6) is 0 Å².